The van der Waals surface area contributed by atoms with Gasteiger partial charge < -0.3 is 9.52 Å². The van der Waals surface area contributed by atoms with E-state index in [4.69, 9.17) is 9.52 Å². The van der Waals surface area contributed by atoms with Crippen LogP contribution in [0.3, 0.4) is 0 Å². The number of carbonyl (C=O) groups is 1. The fourth-order valence-corrected chi connectivity index (χ4v) is 1.74. The molecule has 5 nitrogen and oxygen atoms in total. The summed E-state index contributed by atoms with van der Waals surface area (Å²) in [4.78, 5) is 26.4. The first kappa shape index (κ1) is 10.5. The molecule has 1 aromatic rings. The lowest BCUT2D eigenvalue weighted by atomic mass is 10.2. The molecule has 1 aromatic carbocycles. The third-order valence-corrected chi connectivity index (χ3v) is 2.60. The maximum absolute atomic E-state index is 11.2. The van der Waals surface area contributed by atoms with Gasteiger partial charge in [-0.05, 0) is 30.3 Å². The molecule has 0 aromatic heterocycles. The van der Waals surface area contributed by atoms with Gasteiger partial charge in [0.2, 0.25) is 0 Å². The monoisotopic (exact) mass is 241 g/mol. The van der Waals surface area contributed by atoms with Crippen molar-refractivity contribution in [3.8, 4) is 11.5 Å². The zero-order chi connectivity index (χ0) is 12.7. The van der Waals surface area contributed by atoms with E-state index in [2.05, 4.69) is 4.98 Å². The molecule has 0 atom stereocenters. The van der Waals surface area contributed by atoms with Crippen LogP contribution in [0, 0.1) is 0 Å². The molecule has 0 fully saturated rings. The molecule has 0 unspecified atom stereocenters. The zero-order valence-electron chi connectivity index (χ0n) is 9.08. The van der Waals surface area contributed by atoms with Gasteiger partial charge in [0.15, 0.2) is 16.8 Å². The van der Waals surface area contributed by atoms with Crippen molar-refractivity contribution in [2.45, 2.75) is 0 Å². The number of aromatic carboxylic acids is 1. The number of nitrogens with zero attached hydrogens (tertiary/aromatic N) is 1. The summed E-state index contributed by atoms with van der Waals surface area (Å²) in [6, 6.07) is 8.73. The smallest absolute Gasteiger partial charge is 0.335 e. The Kier molecular flexibility index (Phi) is 2.13. The van der Waals surface area contributed by atoms with E-state index in [1.165, 1.54) is 24.3 Å². The van der Waals surface area contributed by atoms with Crippen LogP contribution >= 0.6 is 0 Å². The molecule has 0 spiro atoms. The average Bonchev–Trinajstić information content (AvgIpc) is 2.35. The van der Waals surface area contributed by atoms with E-state index in [0.29, 0.717) is 22.6 Å². The minimum atomic E-state index is -1.04. The lowest BCUT2D eigenvalue weighted by molar-refractivity contribution is 0.0697. The standard InChI is InChI=1S/C13H7NO4/c15-8-2-4-10-12(6-8)18-11-5-7(13(16)17)1-3-9(11)14-10/h1-6H,(H,16,17). The van der Waals surface area contributed by atoms with Crippen molar-refractivity contribution in [2.75, 3.05) is 0 Å². The van der Waals surface area contributed by atoms with E-state index in [9.17, 15) is 9.59 Å². The van der Waals surface area contributed by atoms with E-state index in [-0.39, 0.29) is 11.0 Å². The molecule has 1 aliphatic carbocycles. The fourth-order valence-electron chi connectivity index (χ4n) is 1.74. The van der Waals surface area contributed by atoms with Gasteiger partial charge in [0.1, 0.15) is 11.2 Å². The maximum Gasteiger partial charge on any atom is 0.335 e. The molecule has 18 heavy (non-hydrogen) atoms. The first-order valence-electron chi connectivity index (χ1n) is 5.21. The second-order valence-corrected chi connectivity index (χ2v) is 3.83. The molecule has 0 saturated heterocycles. The molecule has 1 N–H and O–H groups in total. The number of hydrogen-bond donors (Lipinski definition) is 1. The first-order chi connectivity index (χ1) is 8.63. The Balaban J connectivity index is 2.36. The van der Waals surface area contributed by atoms with Crippen LogP contribution in [0.1, 0.15) is 10.4 Å². The molecule has 1 aliphatic heterocycles. The Bertz CT molecular complexity index is 791. The van der Waals surface area contributed by atoms with Gasteiger partial charge in [-0.3, -0.25) is 4.79 Å². The quantitative estimate of drug-likeness (QED) is 0.659. The lowest BCUT2D eigenvalue weighted by Crippen LogP contribution is -2.00. The van der Waals surface area contributed by atoms with Gasteiger partial charge in [-0.2, -0.15) is 0 Å². The average molecular weight is 241 g/mol. The molecular weight excluding hydrogens is 234 g/mol. The summed E-state index contributed by atoms with van der Waals surface area (Å²) in [6.45, 7) is 0. The predicted molar refractivity (Wildman–Crippen MR) is 63.9 cm³/mol. The molecule has 1 heterocycles. The Morgan fingerprint density at radius 2 is 2.00 bits per heavy atom. The van der Waals surface area contributed by atoms with E-state index < -0.39 is 5.97 Å². The summed E-state index contributed by atoms with van der Waals surface area (Å²) in [5.74, 6) is -0.692. The lowest BCUT2D eigenvalue weighted by Gasteiger charge is -2.05. The van der Waals surface area contributed by atoms with Crippen LogP contribution in [0.5, 0.6) is 0 Å². The van der Waals surface area contributed by atoms with Gasteiger partial charge in [0.25, 0.3) is 0 Å². The molecule has 0 bridgehead atoms. The first-order valence-corrected chi connectivity index (χ1v) is 5.21. The minimum absolute atomic E-state index is 0.116. The summed E-state index contributed by atoms with van der Waals surface area (Å²) in [5, 5.41) is 8.89. The summed E-state index contributed by atoms with van der Waals surface area (Å²) < 4.78 is 5.49. The second kappa shape index (κ2) is 3.66. The van der Waals surface area contributed by atoms with E-state index in [1.54, 1.807) is 12.1 Å². The van der Waals surface area contributed by atoms with Crippen molar-refractivity contribution in [2.24, 2.45) is 0 Å². The number of fused-ring (bicyclic) bond motifs is 2. The van der Waals surface area contributed by atoms with Crippen molar-refractivity contribution in [3.05, 3.63) is 52.2 Å². The van der Waals surface area contributed by atoms with Gasteiger partial charge in [-0.25, -0.2) is 9.78 Å². The van der Waals surface area contributed by atoms with Gasteiger partial charge in [-0.15, -0.1) is 0 Å². The zero-order valence-corrected chi connectivity index (χ0v) is 9.08. The van der Waals surface area contributed by atoms with E-state index in [1.807, 2.05) is 0 Å². The van der Waals surface area contributed by atoms with Gasteiger partial charge >= 0.3 is 5.97 Å². The molecule has 2 aliphatic rings. The van der Waals surface area contributed by atoms with E-state index in [0.717, 1.165) is 0 Å². The Hall–Kier alpha value is -2.69. The molecule has 0 amide bonds. The van der Waals surface area contributed by atoms with Gasteiger partial charge in [0, 0.05) is 6.07 Å². The Labute approximate surface area is 101 Å². The van der Waals surface area contributed by atoms with Crippen LogP contribution in [-0.2, 0) is 0 Å². The molecule has 3 rings (SSSR count). The summed E-state index contributed by atoms with van der Waals surface area (Å²) >= 11 is 0. The molecule has 0 saturated carbocycles. The highest BCUT2D eigenvalue weighted by Crippen LogP contribution is 2.24. The number of rotatable bonds is 1. The largest absolute Gasteiger partial charge is 0.478 e. The second-order valence-electron chi connectivity index (χ2n) is 3.83. The van der Waals surface area contributed by atoms with Crippen molar-refractivity contribution < 1.29 is 14.3 Å². The SMILES string of the molecule is O=C(O)c1ccc2nc3ccc(=O)cc-3oc2c1. The topological polar surface area (TPSA) is 80.4 Å². The van der Waals surface area contributed by atoms with Gasteiger partial charge in [0.05, 0.1) is 5.56 Å². The molecule has 0 radical (unpaired) electrons. The van der Waals surface area contributed by atoms with Crippen molar-refractivity contribution in [3.63, 3.8) is 0 Å². The minimum Gasteiger partial charge on any atom is -0.478 e. The van der Waals surface area contributed by atoms with Crippen LogP contribution < -0.4 is 5.43 Å². The normalized spacial score (nSPS) is 10.9. The Morgan fingerprint density at radius 3 is 2.78 bits per heavy atom. The summed E-state index contributed by atoms with van der Waals surface area (Å²) in [5.41, 5.74) is 1.39. The summed E-state index contributed by atoms with van der Waals surface area (Å²) in [7, 11) is 0. The van der Waals surface area contributed by atoms with Crippen molar-refractivity contribution in [1.29, 1.82) is 0 Å². The highest BCUT2D eigenvalue weighted by Gasteiger charge is 2.11. The summed E-state index contributed by atoms with van der Waals surface area (Å²) in [6.07, 6.45) is 0. The van der Waals surface area contributed by atoms with E-state index >= 15 is 0 Å². The number of hydrogen-bond acceptors (Lipinski definition) is 4. The highest BCUT2D eigenvalue weighted by molar-refractivity contribution is 5.92. The van der Waals surface area contributed by atoms with Crippen LogP contribution in [0.2, 0.25) is 0 Å². The third-order valence-electron chi connectivity index (χ3n) is 2.60. The fraction of sp³-hybridized carbons (Fsp3) is 0. The molecular formula is C13H7NO4. The van der Waals surface area contributed by atoms with Crippen LogP contribution in [-0.4, -0.2) is 16.1 Å². The van der Waals surface area contributed by atoms with Crippen LogP contribution in [0.15, 0.2) is 45.6 Å². The highest BCUT2D eigenvalue weighted by atomic mass is 16.4. The van der Waals surface area contributed by atoms with Crippen LogP contribution in [0.4, 0.5) is 0 Å². The maximum atomic E-state index is 11.2. The van der Waals surface area contributed by atoms with Crippen LogP contribution in [0.25, 0.3) is 22.6 Å². The number of carboxylic acid groups (broad SMARTS) is 1. The third kappa shape index (κ3) is 1.62. The molecule has 5 heteroatoms. The number of benzene rings is 2. The van der Waals surface area contributed by atoms with Gasteiger partial charge in [-0.1, -0.05) is 0 Å². The van der Waals surface area contributed by atoms with Crippen molar-refractivity contribution in [1.82, 2.24) is 4.98 Å². The van der Waals surface area contributed by atoms with Crippen molar-refractivity contribution >= 4 is 17.1 Å². The predicted octanol–water partition coefficient (Wildman–Crippen LogP) is 1.99. The molecule has 88 valence electrons. The Morgan fingerprint density at radius 1 is 1.17 bits per heavy atom. The number of carboxylic acids is 1. The number of aromatic nitrogens is 1.